The van der Waals surface area contributed by atoms with Crippen molar-refractivity contribution < 1.29 is 14.4 Å². The number of methoxy groups -OCH3 is 1. The molecule has 1 saturated heterocycles. The second-order valence-corrected chi connectivity index (χ2v) is 7.16. The highest BCUT2D eigenvalue weighted by molar-refractivity contribution is 6.04. The molecule has 0 radical (unpaired) electrons. The Morgan fingerprint density at radius 3 is 2.64 bits per heavy atom. The fourth-order valence-electron chi connectivity index (χ4n) is 3.65. The Morgan fingerprint density at radius 2 is 1.89 bits per heavy atom. The van der Waals surface area contributed by atoms with Crippen LogP contribution in [0.25, 0.3) is 0 Å². The van der Waals surface area contributed by atoms with E-state index in [-0.39, 0.29) is 5.91 Å². The van der Waals surface area contributed by atoms with E-state index in [1.807, 2.05) is 35.2 Å². The van der Waals surface area contributed by atoms with E-state index in [0.29, 0.717) is 6.42 Å². The highest BCUT2D eigenvalue weighted by Crippen LogP contribution is 2.22. The molecule has 146 valence electrons. The predicted octanol–water partition coefficient (Wildman–Crippen LogP) is 2.53. The lowest BCUT2D eigenvalue weighted by molar-refractivity contribution is -0.143. The quantitative estimate of drug-likeness (QED) is 0.801. The number of oxime groups is 1. The van der Waals surface area contributed by atoms with Crippen molar-refractivity contribution >= 4 is 11.6 Å². The number of amides is 1. The monoisotopic (exact) mass is 379 g/mol. The third kappa shape index (κ3) is 4.17. The van der Waals surface area contributed by atoms with Gasteiger partial charge in [0.1, 0.15) is 5.75 Å². The van der Waals surface area contributed by atoms with E-state index >= 15 is 0 Å². The molecule has 2 aromatic carbocycles. The first-order valence-corrected chi connectivity index (χ1v) is 9.65. The molecule has 1 fully saturated rings. The summed E-state index contributed by atoms with van der Waals surface area (Å²) in [6, 6.07) is 18.1. The summed E-state index contributed by atoms with van der Waals surface area (Å²) in [6.07, 6.45) is -0.0298. The zero-order valence-corrected chi connectivity index (χ0v) is 16.1. The number of nitrogens with zero attached hydrogens (tertiary/aromatic N) is 3. The van der Waals surface area contributed by atoms with Crippen LogP contribution in [0.2, 0.25) is 0 Å². The minimum absolute atomic E-state index is 0.0287. The Balaban J connectivity index is 1.29. The molecule has 4 rings (SSSR count). The molecule has 0 bridgehead atoms. The van der Waals surface area contributed by atoms with E-state index in [4.69, 9.17) is 9.57 Å². The van der Waals surface area contributed by atoms with Crippen LogP contribution in [0.4, 0.5) is 0 Å². The summed E-state index contributed by atoms with van der Waals surface area (Å²) in [7, 11) is 1.63. The Labute approximate surface area is 165 Å². The van der Waals surface area contributed by atoms with Crippen LogP contribution < -0.4 is 4.74 Å². The van der Waals surface area contributed by atoms with Gasteiger partial charge in [-0.25, -0.2) is 0 Å². The van der Waals surface area contributed by atoms with Crippen LogP contribution in [0.15, 0.2) is 59.8 Å². The largest absolute Gasteiger partial charge is 0.497 e. The molecule has 1 amide bonds. The van der Waals surface area contributed by atoms with E-state index in [2.05, 4.69) is 34.3 Å². The summed E-state index contributed by atoms with van der Waals surface area (Å²) in [6.45, 7) is 4.11. The molecule has 1 atom stereocenters. The lowest BCUT2D eigenvalue weighted by atomic mass is 10.0. The topological polar surface area (TPSA) is 54.4 Å². The molecule has 2 aliphatic rings. The average molecular weight is 379 g/mol. The van der Waals surface area contributed by atoms with Crippen molar-refractivity contribution in [3.63, 3.8) is 0 Å². The summed E-state index contributed by atoms with van der Waals surface area (Å²) in [5.74, 6) is 0.797. The zero-order chi connectivity index (χ0) is 19.3. The van der Waals surface area contributed by atoms with Gasteiger partial charge < -0.3 is 14.5 Å². The fraction of sp³-hybridized carbons (Fsp3) is 0.364. The molecule has 0 unspecified atom stereocenters. The molecule has 6 heteroatoms. The van der Waals surface area contributed by atoms with Crippen LogP contribution in [0.5, 0.6) is 5.75 Å². The van der Waals surface area contributed by atoms with Crippen molar-refractivity contribution in [2.75, 3.05) is 33.3 Å². The van der Waals surface area contributed by atoms with E-state index in [0.717, 1.165) is 49.7 Å². The van der Waals surface area contributed by atoms with Crippen LogP contribution in [0, 0.1) is 0 Å². The van der Waals surface area contributed by atoms with Crippen molar-refractivity contribution in [3.05, 3.63) is 65.7 Å². The number of piperazine rings is 1. The van der Waals surface area contributed by atoms with E-state index in [1.165, 1.54) is 5.56 Å². The predicted molar refractivity (Wildman–Crippen MR) is 107 cm³/mol. The van der Waals surface area contributed by atoms with Gasteiger partial charge in [-0.3, -0.25) is 9.69 Å². The Bertz CT molecular complexity index is 845. The van der Waals surface area contributed by atoms with Crippen molar-refractivity contribution in [1.82, 2.24) is 9.80 Å². The second-order valence-electron chi connectivity index (χ2n) is 7.16. The molecule has 0 N–H and O–H groups in total. The SMILES string of the molecule is COc1cccc(C2=NO[C@@H](C(=O)N3CCN(Cc4ccccc4)CC3)C2)c1. The van der Waals surface area contributed by atoms with Crippen LogP contribution in [-0.2, 0) is 16.2 Å². The number of carbonyl (C=O) groups is 1. The molecule has 2 aromatic rings. The summed E-state index contributed by atoms with van der Waals surface area (Å²) in [5, 5.41) is 4.15. The van der Waals surface area contributed by atoms with Crippen LogP contribution in [-0.4, -0.2) is 60.8 Å². The molecule has 0 aromatic heterocycles. The summed E-state index contributed by atoms with van der Waals surface area (Å²) in [4.78, 5) is 22.6. The number of benzene rings is 2. The third-order valence-electron chi connectivity index (χ3n) is 5.28. The van der Waals surface area contributed by atoms with Crippen molar-refractivity contribution in [1.29, 1.82) is 0 Å². The van der Waals surface area contributed by atoms with E-state index in [9.17, 15) is 4.79 Å². The number of hydrogen-bond donors (Lipinski definition) is 0. The van der Waals surface area contributed by atoms with E-state index in [1.54, 1.807) is 7.11 Å². The van der Waals surface area contributed by atoms with Gasteiger partial charge in [-0.05, 0) is 17.7 Å². The molecule has 2 aliphatic heterocycles. The van der Waals surface area contributed by atoms with Gasteiger partial charge in [-0.2, -0.15) is 0 Å². The fourth-order valence-corrected chi connectivity index (χ4v) is 3.65. The first kappa shape index (κ1) is 18.5. The second kappa shape index (κ2) is 8.44. The van der Waals surface area contributed by atoms with Gasteiger partial charge in [0.15, 0.2) is 0 Å². The Hall–Kier alpha value is -2.86. The van der Waals surface area contributed by atoms with Gasteiger partial charge in [0, 0.05) is 44.7 Å². The average Bonchev–Trinajstić information content (AvgIpc) is 3.25. The first-order valence-electron chi connectivity index (χ1n) is 9.65. The lowest BCUT2D eigenvalue weighted by Gasteiger charge is -2.35. The van der Waals surface area contributed by atoms with Crippen LogP contribution in [0.1, 0.15) is 17.5 Å². The van der Waals surface area contributed by atoms with Gasteiger partial charge in [0.2, 0.25) is 6.10 Å². The maximum atomic E-state index is 12.8. The third-order valence-corrected chi connectivity index (χ3v) is 5.28. The van der Waals surface area contributed by atoms with Crippen LogP contribution >= 0.6 is 0 Å². The maximum Gasteiger partial charge on any atom is 0.266 e. The number of carbonyl (C=O) groups excluding carboxylic acids is 1. The summed E-state index contributed by atoms with van der Waals surface area (Å²) >= 11 is 0. The van der Waals surface area contributed by atoms with Crippen molar-refractivity contribution in [3.8, 4) is 5.75 Å². The first-order chi connectivity index (χ1) is 13.7. The smallest absolute Gasteiger partial charge is 0.266 e. The molecule has 0 saturated carbocycles. The Morgan fingerprint density at radius 1 is 1.11 bits per heavy atom. The standard InChI is InChI=1S/C22H25N3O3/c1-27-19-9-5-8-18(14-19)20-15-21(28-23-20)22(26)25-12-10-24(11-13-25)16-17-6-3-2-4-7-17/h2-9,14,21H,10-13,15-16H2,1H3/t21-/m1/s1. The van der Waals surface area contributed by atoms with Crippen molar-refractivity contribution in [2.24, 2.45) is 5.16 Å². The lowest BCUT2D eigenvalue weighted by Crippen LogP contribution is -2.51. The van der Waals surface area contributed by atoms with Gasteiger partial charge in [-0.15, -0.1) is 0 Å². The molecule has 0 spiro atoms. The van der Waals surface area contributed by atoms with Crippen LogP contribution in [0.3, 0.4) is 0 Å². The highest BCUT2D eigenvalue weighted by Gasteiger charge is 2.33. The number of hydrogen-bond acceptors (Lipinski definition) is 5. The highest BCUT2D eigenvalue weighted by atomic mass is 16.6. The number of rotatable bonds is 5. The van der Waals surface area contributed by atoms with Gasteiger partial charge in [0.25, 0.3) is 5.91 Å². The zero-order valence-electron chi connectivity index (χ0n) is 16.1. The summed E-state index contributed by atoms with van der Waals surface area (Å²) < 4.78 is 5.26. The van der Waals surface area contributed by atoms with Gasteiger partial charge in [0.05, 0.1) is 12.8 Å². The summed E-state index contributed by atoms with van der Waals surface area (Å²) in [5.41, 5.74) is 3.03. The van der Waals surface area contributed by atoms with E-state index < -0.39 is 6.10 Å². The molecular formula is C22H25N3O3. The Kier molecular flexibility index (Phi) is 5.58. The minimum atomic E-state index is -0.526. The number of ether oxygens (including phenoxy) is 1. The van der Waals surface area contributed by atoms with Gasteiger partial charge in [-0.1, -0.05) is 47.6 Å². The molecule has 0 aliphatic carbocycles. The molecule has 2 heterocycles. The molecular weight excluding hydrogens is 354 g/mol. The van der Waals surface area contributed by atoms with Gasteiger partial charge >= 0.3 is 0 Å². The molecule has 28 heavy (non-hydrogen) atoms. The van der Waals surface area contributed by atoms with Crippen molar-refractivity contribution in [2.45, 2.75) is 19.1 Å². The molecule has 6 nitrogen and oxygen atoms in total. The minimum Gasteiger partial charge on any atom is -0.497 e. The normalized spacial score (nSPS) is 19.8. The maximum absolute atomic E-state index is 12.8.